The number of para-hydroxylation sites is 1. The fourth-order valence-electron chi connectivity index (χ4n) is 5.02. The summed E-state index contributed by atoms with van der Waals surface area (Å²) in [4.78, 5) is 26.9. The summed E-state index contributed by atoms with van der Waals surface area (Å²) in [6.07, 6.45) is 0.0621. The van der Waals surface area contributed by atoms with E-state index in [-0.39, 0.29) is 18.2 Å². The van der Waals surface area contributed by atoms with E-state index in [1.54, 1.807) is 18.2 Å². The Hall–Kier alpha value is -2.53. The highest BCUT2D eigenvalue weighted by molar-refractivity contribution is 6.32. The number of benzene rings is 3. The van der Waals surface area contributed by atoms with Crippen molar-refractivity contribution in [1.29, 1.82) is 0 Å². The monoisotopic (exact) mass is 470 g/mol. The lowest BCUT2D eigenvalue weighted by Gasteiger charge is -2.49. The summed E-state index contributed by atoms with van der Waals surface area (Å²) in [7, 11) is 0. The van der Waals surface area contributed by atoms with E-state index in [9.17, 15) is 9.59 Å². The molecule has 7 heteroatoms. The Labute approximate surface area is 194 Å². The fourth-order valence-corrected chi connectivity index (χ4v) is 5.79. The second-order valence-electron chi connectivity index (χ2n) is 7.81. The summed E-state index contributed by atoms with van der Waals surface area (Å²) in [5.74, 6) is -0.986. The molecule has 2 amide bonds. The molecule has 0 bridgehead atoms. The van der Waals surface area contributed by atoms with Crippen molar-refractivity contribution in [3.05, 3.63) is 99.5 Å². The highest BCUT2D eigenvalue weighted by Gasteiger charge is 2.63. The van der Waals surface area contributed by atoms with Crippen LogP contribution in [0.25, 0.3) is 0 Å². The van der Waals surface area contributed by atoms with Crippen molar-refractivity contribution in [3.8, 4) is 0 Å². The molecule has 2 heterocycles. The lowest BCUT2D eigenvalue weighted by molar-refractivity contribution is -0.138. The van der Waals surface area contributed by atoms with Crippen LogP contribution in [0.2, 0.25) is 10.0 Å². The second kappa shape index (κ2) is 7.56. The molecular weight excluding hydrogens is 455 g/mol. The van der Waals surface area contributed by atoms with Crippen molar-refractivity contribution in [2.24, 2.45) is 0 Å². The number of amides is 2. The van der Waals surface area contributed by atoms with E-state index in [0.717, 1.165) is 15.5 Å². The molecule has 3 atom stereocenters. The van der Waals surface area contributed by atoms with E-state index >= 15 is 0 Å². The van der Waals surface area contributed by atoms with Crippen LogP contribution in [-0.2, 0) is 15.0 Å². The van der Waals surface area contributed by atoms with Gasteiger partial charge in [-0.15, -0.1) is 0 Å². The summed E-state index contributed by atoms with van der Waals surface area (Å²) in [6, 6.07) is 21.2. The Morgan fingerprint density at radius 1 is 0.935 bits per heavy atom. The molecule has 1 fully saturated rings. The van der Waals surface area contributed by atoms with E-state index in [1.807, 2.05) is 54.6 Å². The molecule has 156 valence electrons. The first-order valence-electron chi connectivity index (χ1n) is 9.83. The van der Waals surface area contributed by atoms with Gasteiger partial charge in [-0.25, -0.2) is 4.42 Å². The number of hydrogen-bond donors (Lipinski definition) is 1. The zero-order valence-electron chi connectivity index (χ0n) is 16.2. The van der Waals surface area contributed by atoms with Crippen molar-refractivity contribution in [3.63, 3.8) is 0 Å². The van der Waals surface area contributed by atoms with Crippen molar-refractivity contribution in [2.45, 2.75) is 23.8 Å². The van der Waals surface area contributed by atoms with Crippen LogP contribution in [0.1, 0.15) is 35.1 Å². The van der Waals surface area contributed by atoms with Crippen LogP contribution < -0.4 is 5.32 Å². The molecule has 3 aromatic rings. The maximum atomic E-state index is 13.8. The molecule has 31 heavy (non-hydrogen) atoms. The zero-order chi connectivity index (χ0) is 21.8. The fraction of sp³-hybridized carbons (Fsp3) is 0.167. The van der Waals surface area contributed by atoms with Gasteiger partial charge in [0.25, 0.3) is 0 Å². The molecule has 0 aliphatic carbocycles. The summed E-state index contributed by atoms with van der Waals surface area (Å²) in [5.41, 5.74) is 1.73. The number of piperidine rings is 1. The van der Waals surface area contributed by atoms with Crippen molar-refractivity contribution in [1.82, 2.24) is 4.42 Å². The van der Waals surface area contributed by atoms with Gasteiger partial charge in [0.2, 0.25) is 11.8 Å². The van der Waals surface area contributed by atoms with Gasteiger partial charge >= 0.3 is 0 Å². The van der Waals surface area contributed by atoms with Crippen molar-refractivity contribution >= 4 is 52.5 Å². The smallest absolute Gasteiger partial charge is 0.238 e. The molecule has 3 aromatic carbocycles. The summed E-state index contributed by atoms with van der Waals surface area (Å²) < 4.78 is 1.14. The lowest BCUT2D eigenvalue weighted by Crippen LogP contribution is -2.55. The number of fused-ring (bicyclic) bond motifs is 2. The second-order valence-corrected chi connectivity index (χ2v) is 9.02. The van der Waals surface area contributed by atoms with Gasteiger partial charge in [0.15, 0.2) is 0 Å². The minimum atomic E-state index is -1.18. The van der Waals surface area contributed by atoms with Gasteiger partial charge in [-0.3, -0.25) is 9.59 Å². The van der Waals surface area contributed by atoms with Crippen LogP contribution in [0.4, 0.5) is 5.69 Å². The normalized spacial score (nSPS) is 24.9. The number of hydrogen-bond acceptors (Lipinski definition) is 2. The molecule has 3 unspecified atom stereocenters. The molecule has 2 aliphatic rings. The summed E-state index contributed by atoms with van der Waals surface area (Å²) in [5, 5.41) is 3.99. The Morgan fingerprint density at radius 3 is 2.45 bits per heavy atom. The zero-order valence-corrected chi connectivity index (χ0v) is 18.5. The number of rotatable bonds is 2. The first kappa shape index (κ1) is 20.4. The number of carbonyl (C=O) groups excluding carboxylic acids is 2. The van der Waals surface area contributed by atoms with Crippen LogP contribution in [0.5, 0.6) is 0 Å². The summed E-state index contributed by atoms with van der Waals surface area (Å²) >= 11 is 19.5. The van der Waals surface area contributed by atoms with Gasteiger partial charge in [-0.05, 0) is 41.0 Å². The van der Waals surface area contributed by atoms with Gasteiger partial charge in [0.05, 0.1) is 6.04 Å². The molecule has 1 saturated heterocycles. The van der Waals surface area contributed by atoms with E-state index in [2.05, 4.69) is 5.32 Å². The quantitative estimate of drug-likeness (QED) is 0.459. The average molecular weight is 472 g/mol. The van der Waals surface area contributed by atoms with E-state index in [1.165, 1.54) is 0 Å². The highest BCUT2D eigenvalue weighted by atomic mass is 35.5. The topological polar surface area (TPSA) is 49.4 Å². The molecule has 0 saturated carbocycles. The molecule has 0 radical (unpaired) electrons. The standard InChI is InChI=1S/C24H17Cl3N2O2/c25-15-7-5-6-14(12-15)18-13-21(30)29(27)22(16-8-1-3-10-19(16)26)24(18)17-9-2-4-11-20(17)28-23(24)31/h1-12,18,22H,13H2,(H,28,31). The summed E-state index contributed by atoms with van der Waals surface area (Å²) in [6.45, 7) is 0. The van der Waals surface area contributed by atoms with Gasteiger partial charge < -0.3 is 5.32 Å². The third kappa shape index (κ3) is 2.97. The number of nitrogens with zero attached hydrogens (tertiary/aromatic N) is 1. The number of halogens is 3. The van der Waals surface area contributed by atoms with Crippen LogP contribution in [0.15, 0.2) is 72.8 Å². The van der Waals surface area contributed by atoms with Gasteiger partial charge in [0, 0.05) is 39.8 Å². The predicted molar refractivity (Wildman–Crippen MR) is 122 cm³/mol. The third-order valence-electron chi connectivity index (χ3n) is 6.27. The Bertz CT molecular complexity index is 1210. The van der Waals surface area contributed by atoms with Crippen LogP contribution in [-0.4, -0.2) is 16.2 Å². The van der Waals surface area contributed by atoms with Gasteiger partial charge in [-0.2, -0.15) is 0 Å². The molecule has 1 spiro atoms. The molecule has 5 rings (SSSR count). The van der Waals surface area contributed by atoms with Gasteiger partial charge in [-0.1, -0.05) is 71.7 Å². The van der Waals surface area contributed by atoms with E-state index < -0.39 is 17.4 Å². The first-order valence-corrected chi connectivity index (χ1v) is 10.9. The average Bonchev–Trinajstić information content (AvgIpc) is 3.04. The van der Waals surface area contributed by atoms with E-state index in [0.29, 0.717) is 21.3 Å². The SMILES string of the molecule is O=C1CC(c2cccc(Cl)c2)C2(C(=O)Nc3ccccc32)C(c2ccccc2Cl)N1Cl. The molecule has 2 aliphatic heterocycles. The van der Waals surface area contributed by atoms with Crippen molar-refractivity contribution < 1.29 is 9.59 Å². The molecule has 0 aromatic heterocycles. The Kier molecular flexibility index (Phi) is 4.97. The van der Waals surface area contributed by atoms with Crippen LogP contribution in [0.3, 0.4) is 0 Å². The van der Waals surface area contributed by atoms with Crippen LogP contribution >= 0.6 is 35.0 Å². The Morgan fingerprint density at radius 2 is 1.68 bits per heavy atom. The first-order chi connectivity index (χ1) is 14.9. The molecule has 1 N–H and O–H groups in total. The minimum absolute atomic E-state index is 0.0621. The molecule has 4 nitrogen and oxygen atoms in total. The maximum Gasteiger partial charge on any atom is 0.238 e. The van der Waals surface area contributed by atoms with Crippen molar-refractivity contribution in [2.75, 3.05) is 5.32 Å². The third-order valence-corrected chi connectivity index (χ3v) is 7.24. The lowest BCUT2D eigenvalue weighted by atomic mass is 9.59. The largest absolute Gasteiger partial charge is 0.325 e. The maximum absolute atomic E-state index is 13.8. The Balaban J connectivity index is 1.85. The highest BCUT2D eigenvalue weighted by Crippen LogP contribution is 2.60. The predicted octanol–water partition coefficient (Wildman–Crippen LogP) is 6.09. The molecular formula is C24H17Cl3N2O2. The van der Waals surface area contributed by atoms with Crippen LogP contribution in [0, 0.1) is 0 Å². The van der Waals surface area contributed by atoms with Gasteiger partial charge in [0.1, 0.15) is 5.41 Å². The number of anilines is 1. The minimum Gasteiger partial charge on any atom is -0.325 e. The number of nitrogens with one attached hydrogen (secondary N) is 1. The van der Waals surface area contributed by atoms with E-state index in [4.69, 9.17) is 35.0 Å². The number of carbonyl (C=O) groups is 2.